The summed E-state index contributed by atoms with van der Waals surface area (Å²) in [4.78, 5) is 12.0. The van der Waals surface area contributed by atoms with E-state index in [4.69, 9.17) is 10.3 Å². The predicted molar refractivity (Wildman–Crippen MR) is 118 cm³/mol. The van der Waals surface area contributed by atoms with Crippen molar-refractivity contribution in [2.75, 3.05) is 6.26 Å². The van der Waals surface area contributed by atoms with Gasteiger partial charge in [-0.25, -0.2) is 13.9 Å². The molecule has 7 nitrogen and oxygen atoms in total. The normalized spacial score (nSPS) is 13.3. The minimum absolute atomic E-state index is 0.00459. The van der Waals surface area contributed by atoms with Crippen molar-refractivity contribution >= 4 is 26.6 Å². The zero-order valence-electron chi connectivity index (χ0n) is 17.3. The van der Waals surface area contributed by atoms with Crippen molar-refractivity contribution in [1.82, 2.24) is 10.0 Å². The van der Waals surface area contributed by atoms with E-state index < -0.39 is 20.5 Å². The monoisotopic (exact) mass is 440 g/mol. The average molecular weight is 441 g/mol. The number of nitrogens with zero attached hydrogens (tertiary/aromatic N) is 1. The molecule has 0 unspecified atom stereocenters. The van der Waals surface area contributed by atoms with Gasteiger partial charge in [0.15, 0.2) is 14.6 Å². The quantitative estimate of drug-likeness (QED) is 0.309. The zero-order chi connectivity index (χ0) is 22.6. The van der Waals surface area contributed by atoms with Crippen LogP contribution in [0.1, 0.15) is 30.0 Å². The standard InChI is InChI=1S/C23H24N2O5S/c1-23(22(27)24-28,31(2,29)30)12-14-25-13-11-20-15-18(9-10-21(20)25)6-3-17-4-7-19(16-26)8-5-17/h4-5,7-11,13,15,26,28H,12,14,16H2,1-2H3,(H,24,27)/t23-/m1/s1. The molecule has 1 amide bonds. The maximum atomic E-state index is 12.1. The van der Waals surface area contributed by atoms with Gasteiger partial charge in [0.05, 0.1) is 6.61 Å². The van der Waals surface area contributed by atoms with Gasteiger partial charge >= 0.3 is 0 Å². The van der Waals surface area contributed by atoms with Crippen LogP contribution in [0.3, 0.4) is 0 Å². The van der Waals surface area contributed by atoms with Gasteiger partial charge in [-0.05, 0) is 55.3 Å². The number of aliphatic hydroxyl groups excluding tert-OH is 1. The summed E-state index contributed by atoms with van der Waals surface area (Å²) >= 11 is 0. The molecule has 0 saturated heterocycles. The van der Waals surface area contributed by atoms with Gasteiger partial charge in [-0.15, -0.1) is 0 Å². The van der Waals surface area contributed by atoms with Crippen molar-refractivity contribution in [2.24, 2.45) is 0 Å². The highest BCUT2D eigenvalue weighted by molar-refractivity contribution is 7.92. The number of rotatable bonds is 6. The molecule has 0 fully saturated rings. The van der Waals surface area contributed by atoms with Gasteiger partial charge in [-0.1, -0.05) is 24.0 Å². The third-order valence-electron chi connectivity index (χ3n) is 5.49. The van der Waals surface area contributed by atoms with E-state index in [0.717, 1.165) is 33.8 Å². The molecule has 0 aliphatic carbocycles. The lowest BCUT2D eigenvalue weighted by Crippen LogP contribution is -2.49. The third-order valence-corrected chi connectivity index (χ3v) is 7.51. The lowest BCUT2D eigenvalue weighted by Gasteiger charge is -2.25. The summed E-state index contributed by atoms with van der Waals surface area (Å²) in [7, 11) is -3.74. The van der Waals surface area contributed by atoms with E-state index in [-0.39, 0.29) is 19.6 Å². The Morgan fingerprint density at radius 1 is 1.10 bits per heavy atom. The first kappa shape index (κ1) is 22.6. The molecule has 0 spiro atoms. The van der Waals surface area contributed by atoms with Gasteiger partial charge in [0, 0.05) is 41.0 Å². The Morgan fingerprint density at radius 2 is 1.74 bits per heavy atom. The average Bonchev–Trinajstić information content (AvgIpc) is 3.17. The van der Waals surface area contributed by atoms with E-state index >= 15 is 0 Å². The van der Waals surface area contributed by atoms with E-state index in [1.165, 1.54) is 12.4 Å². The molecule has 31 heavy (non-hydrogen) atoms. The number of aliphatic hydroxyl groups is 1. The molecular formula is C23H24N2O5S. The van der Waals surface area contributed by atoms with E-state index in [9.17, 15) is 13.2 Å². The molecule has 3 aromatic rings. The number of hydrogen-bond donors (Lipinski definition) is 3. The summed E-state index contributed by atoms with van der Waals surface area (Å²) in [6, 6.07) is 15.0. The molecule has 8 heteroatoms. The smallest absolute Gasteiger partial charge is 0.264 e. The van der Waals surface area contributed by atoms with Crippen LogP contribution in [0.25, 0.3) is 10.9 Å². The van der Waals surface area contributed by atoms with Crippen molar-refractivity contribution in [3.05, 3.63) is 71.4 Å². The molecule has 162 valence electrons. The second-order valence-electron chi connectivity index (χ2n) is 7.58. The van der Waals surface area contributed by atoms with Crippen molar-refractivity contribution in [3.63, 3.8) is 0 Å². The lowest BCUT2D eigenvalue weighted by molar-refractivity contribution is -0.131. The Morgan fingerprint density at radius 3 is 2.35 bits per heavy atom. The number of aromatic nitrogens is 1. The summed E-state index contributed by atoms with van der Waals surface area (Å²) in [6.07, 6.45) is 2.82. The number of aryl methyl sites for hydroxylation is 1. The number of hydrogen-bond acceptors (Lipinski definition) is 5. The Balaban J connectivity index is 1.81. The summed E-state index contributed by atoms with van der Waals surface area (Å²) in [6.45, 7) is 1.58. The first-order chi connectivity index (χ1) is 14.7. The van der Waals surface area contributed by atoms with Gasteiger partial charge in [-0.2, -0.15) is 0 Å². The second-order valence-corrected chi connectivity index (χ2v) is 10.0. The van der Waals surface area contributed by atoms with Crippen LogP contribution in [0.5, 0.6) is 0 Å². The van der Waals surface area contributed by atoms with Gasteiger partial charge in [0.1, 0.15) is 0 Å². The fourth-order valence-electron chi connectivity index (χ4n) is 3.23. The van der Waals surface area contributed by atoms with Crippen LogP contribution in [0.15, 0.2) is 54.7 Å². The number of fused-ring (bicyclic) bond motifs is 1. The first-order valence-electron chi connectivity index (χ1n) is 9.63. The topological polar surface area (TPSA) is 109 Å². The molecule has 0 saturated carbocycles. The lowest BCUT2D eigenvalue weighted by atomic mass is 10.1. The summed E-state index contributed by atoms with van der Waals surface area (Å²) < 4.78 is 24.4. The zero-order valence-corrected chi connectivity index (χ0v) is 18.1. The fourth-order valence-corrected chi connectivity index (χ4v) is 4.07. The number of sulfone groups is 1. The van der Waals surface area contributed by atoms with Crippen LogP contribution >= 0.6 is 0 Å². The molecule has 0 radical (unpaired) electrons. The van der Waals surface area contributed by atoms with Crippen molar-refractivity contribution in [1.29, 1.82) is 0 Å². The van der Waals surface area contributed by atoms with Crippen molar-refractivity contribution in [3.8, 4) is 11.8 Å². The van der Waals surface area contributed by atoms with E-state index in [1.54, 1.807) is 0 Å². The van der Waals surface area contributed by atoms with E-state index in [0.29, 0.717) is 0 Å². The Bertz CT molecular complexity index is 1270. The molecule has 0 bridgehead atoms. The predicted octanol–water partition coefficient (Wildman–Crippen LogP) is 2.23. The highest BCUT2D eigenvalue weighted by Crippen LogP contribution is 2.24. The summed E-state index contributed by atoms with van der Waals surface area (Å²) in [5, 5.41) is 19.0. The molecule has 1 heterocycles. The number of nitrogens with one attached hydrogen (secondary N) is 1. The molecule has 1 atom stereocenters. The van der Waals surface area contributed by atoms with Crippen molar-refractivity contribution < 1.29 is 23.5 Å². The Kier molecular flexibility index (Phi) is 6.51. The number of hydroxylamine groups is 1. The number of amides is 1. The summed E-state index contributed by atoms with van der Waals surface area (Å²) in [5.74, 6) is 5.26. The maximum absolute atomic E-state index is 12.1. The van der Waals surface area contributed by atoms with E-state index in [2.05, 4.69) is 11.8 Å². The van der Waals surface area contributed by atoms with Crippen LogP contribution in [-0.2, 0) is 27.8 Å². The largest absolute Gasteiger partial charge is 0.392 e. The second kappa shape index (κ2) is 8.94. The van der Waals surface area contributed by atoms with E-state index in [1.807, 2.05) is 59.3 Å². The summed E-state index contributed by atoms with van der Waals surface area (Å²) in [5.41, 5.74) is 4.86. The minimum atomic E-state index is -3.74. The Labute approximate surface area is 181 Å². The molecule has 0 aliphatic heterocycles. The SMILES string of the molecule is C[C@@](CCn1ccc2cc(C#Cc3ccc(CO)cc3)ccc21)(C(=O)NO)S(C)(=O)=O. The molecule has 1 aromatic heterocycles. The number of carbonyl (C=O) groups excluding carboxylic acids is 1. The minimum Gasteiger partial charge on any atom is -0.392 e. The molecular weight excluding hydrogens is 416 g/mol. The molecule has 2 aromatic carbocycles. The van der Waals surface area contributed by atoms with Crippen molar-refractivity contribution in [2.45, 2.75) is 31.2 Å². The van der Waals surface area contributed by atoms with Crippen LogP contribution in [0, 0.1) is 11.8 Å². The maximum Gasteiger partial charge on any atom is 0.264 e. The van der Waals surface area contributed by atoms with Crippen LogP contribution in [0.4, 0.5) is 0 Å². The van der Waals surface area contributed by atoms with Crippen LogP contribution in [-0.4, -0.2) is 40.2 Å². The number of benzene rings is 2. The highest BCUT2D eigenvalue weighted by atomic mass is 32.2. The fraction of sp³-hybridized carbons (Fsp3) is 0.261. The molecule has 0 aliphatic rings. The molecule has 3 N–H and O–H groups in total. The Hall–Kier alpha value is -3.12. The van der Waals surface area contributed by atoms with Crippen LogP contribution in [0.2, 0.25) is 0 Å². The highest BCUT2D eigenvalue weighted by Gasteiger charge is 2.43. The number of carbonyl (C=O) groups is 1. The van der Waals surface area contributed by atoms with Crippen LogP contribution < -0.4 is 5.48 Å². The third kappa shape index (κ3) is 4.80. The van der Waals surface area contributed by atoms with Gasteiger partial charge < -0.3 is 9.67 Å². The molecule has 3 rings (SSSR count). The first-order valence-corrected chi connectivity index (χ1v) is 11.5. The van der Waals surface area contributed by atoms with Gasteiger partial charge in [0.2, 0.25) is 0 Å². The van der Waals surface area contributed by atoms with Gasteiger partial charge in [-0.3, -0.25) is 10.0 Å². The van der Waals surface area contributed by atoms with Gasteiger partial charge in [0.25, 0.3) is 5.91 Å².